The Balaban J connectivity index is 1.48. The number of rotatable bonds is 5. The number of hydrogen-bond donors (Lipinski definition) is 0. The van der Waals surface area contributed by atoms with Crippen molar-refractivity contribution in [1.82, 2.24) is 14.9 Å². The maximum atomic E-state index is 14.0. The Morgan fingerprint density at radius 2 is 1.82 bits per heavy atom. The van der Waals surface area contributed by atoms with E-state index < -0.39 is 0 Å². The molecule has 3 aromatic rings. The molecule has 0 N–H and O–H groups in total. The fourth-order valence-electron chi connectivity index (χ4n) is 3.65. The molecule has 0 radical (unpaired) electrons. The Kier molecular flexibility index (Phi) is 5.25. The molecule has 0 saturated carbocycles. The Morgan fingerprint density at radius 1 is 1.00 bits per heavy atom. The van der Waals surface area contributed by atoms with E-state index >= 15 is 0 Å². The van der Waals surface area contributed by atoms with E-state index in [4.69, 9.17) is 9.47 Å². The largest absolute Gasteiger partial charge is 0.497 e. The number of para-hydroxylation sites is 1. The van der Waals surface area contributed by atoms with Crippen LogP contribution < -0.4 is 14.4 Å². The van der Waals surface area contributed by atoms with E-state index in [1.165, 1.54) is 12.4 Å². The number of methoxy groups -OCH3 is 2. The Bertz CT molecular complexity index is 974. The first-order valence-corrected chi connectivity index (χ1v) is 9.27. The summed E-state index contributed by atoms with van der Waals surface area (Å²) in [5, 5.41) is 0.755. The van der Waals surface area contributed by atoms with Gasteiger partial charge in [-0.15, -0.1) is 0 Å². The average molecular weight is 382 g/mol. The summed E-state index contributed by atoms with van der Waals surface area (Å²) in [5.41, 5.74) is 1.47. The second kappa shape index (κ2) is 7.98. The summed E-state index contributed by atoms with van der Waals surface area (Å²) in [5.74, 6) is 2.16. The molecule has 0 amide bonds. The lowest BCUT2D eigenvalue weighted by atomic mass is 10.1. The summed E-state index contributed by atoms with van der Waals surface area (Å²) >= 11 is 0. The van der Waals surface area contributed by atoms with Crippen LogP contribution in [0.1, 0.15) is 5.56 Å². The third-order valence-electron chi connectivity index (χ3n) is 5.15. The second-order valence-electron chi connectivity index (χ2n) is 6.77. The zero-order valence-electron chi connectivity index (χ0n) is 16.1. The summed E-state index contributed by atoms with van der Waals surface area (Å²) in [7, 11) is 3.35. The minimum Gasteiger partial charge on any atom is -0.497 e. The quantitative estimate of drug-likeness (QED) is 0.676. The minimum absolute atomic E-state index is 0.315. The molecular weight excluding hydrogens is 359 g/mol. The number of piperazine rings is 1. The van der Waals surface area contributed by atoms with Gasteiger partial charge >= 0.3 is 0 Å². The van der Waals surface area contributed by atoms with Crippen molar-refractivity contribution in [1.29, 1.82) is 0 Å². The van der Waals surface area contributed by atoms with Gasteiger partial charge < -0.3 is 14.4 Å². The lowest BCUT2D eigenvalue weighted by Gasteiger charge is -2.36. The Hall–Kier alpha value is -2.93. The summed E-state index contributed by atoms with van der Waals surface area (Å²) < 4.78 is 24.9. The topological polar surface area (TPSA) is 50.7 Å². The first-order chi connectivity index (χ1) is 13.7. The number of benzene rings is 2. The first kappa shape index (κ1) is 18.4. The van der Waals surface area contributed by atoms with Crippen LogP contribution >= 0.6 is 0 Å². The van der Waals surface area contributed by atoms with Gasteiger partial charge in [0, 0.05) is 43.7 Å². The average Bonchev–Trinajstić information content (AvgIpc) is 2.74. The Morgan fingerprint density at radius 3 is 2.57 bits per heavy atom. The molecule has 0 aliphatic carbocycles. The molecule has 1 saturated heterocycles. The van der Waals surface area contributed by atoms with E-state index in [0.29, 0.717) is 5.52 Å². The third kappa shape index (κ3) is 3.57. The van der Waals surface area contributed by atoms with Crippen molar-refractivity contribution in [2.75, 3.05) is 45.3 Å². The molecule has 7 heteroatoms. The molecule has 2 heterocycles. The van der Waals surface area contributed by atoms with E-state index in [9.17, 15) is 4.39 Å². The number of aromatic nitrogens is 2. The van der Waals surface area contributed by atoms with E-state index in [1.54, 1.807) is 20.3 Å². The van der Waals surface area contributed by atoms with Gasteiger partial charge in [-0.25, -0.2) is 14.4 Å². The van der Waals surface area contributed by atoms with Gasteiger partial charge in [-0.3, -0.25) is 4.90 Å². The van der Waals surface area contributed by atoms with Crippen LogP contribution in [0.3, 0.4) is 0 Å². The van der Waals surface area contributed by atoms with Crippen LogP contribution in [-0.4, -0.2) is 55.3 Å². The zero-order valence-corrected chi connectivity index (χ0v) is 16.1. The fourth-order valence-corrected chi connectivity index (χ4v) is 3.65. The van der Waals surface area contributed by atoms with Crippen molar-refractivity contribution in [3.8, 4) is 11.5 Å². The monoisotopic (exact) mass is 382 g/mol. The van der Waals surface area contributed by atoms with E-state index in [1.807, 2.05) is 24.3 Å². The number of anilines is 1. The predicted molar refractivity (Wildman–Crippen MR) is 107 cm³/mol. The highest BCUT2D eigenvalue weighted by molar-refractivity contribution is 5.89. The molecular formula is C21H23FN4O2. The normalized spacial score (nSPS) is 15.0. The van der Waals surface area contributed by atoms with Crippen LogP contribution in [0.5, 0.6) is 11.5 Å². The van der Waals surface area contributed by atoms with E-state index in [0.717, 1.165) is 61.0 Å². The first-order valence-electron chi connectivity index (χ1n) is 9.27. The Labute approximate surface area is 163 Å². The molecule has 0 unspecified atom stereocenters. The summed E-state index contributed by atoms with van der Waals surface area (Å²) in [6.45, 7) is 4.17. The van der Waals surface area contributed by atoms with Gasteiger partial charge in [0.1, 0.15) is 35.0 Å². The van der Waals surface area contributed by atoms with Crippen molar-refractivity contribution in [2.24, 2.45) is 0 Å². The van der Waals surface area contributed by atoms with Gasteiger partial charge in [-0.1, -0.05) is 6.07 Å². The van der Waals surface area contributed by atoms with Crippen molar-refractivity contribution in [3.63, 3.8) is 0 Å². The standard InChI is InChI=1S/C21H23FN4O2/c1-27-16-6-7-19(28-2)15(12-16)13-25-8-10-26(11-9-25)21-17-4-3-5-18(22)20(17)23-14-24-21/h3-7,12,14H,8-11,13H2,1-2H3. The van der Waals surface area contributed by atoms with E-state index in [2.05, 4.69) is 19.8 Å². The smallest absolute Gasteiger partial charge is 0.149 e. The highest BCUT2D eigenvalue weighted by atomic mass is 19.1. The lowest BCUT2D eigenvalue weighted by molar-refractivity contribution is 0.245. The molecule has 6 nitrogen and oxygen atoms in total. The number of ether oxygens (including phenoxy) is 2. The van der Waals surface area contributed by atoms with Crippen LogP contribution in [0.25, 0.3) is 10.9 Å². The lowest BCUT2D eigenvalue weighted by Crippen LogP contribution is -2.46. The van der Waals surface area contributed by atoms with Crippen LogP contribution in [-0.2, 0) is 6.54 Å². The third-order valence-corrected chi connectivity index (χ3v) is 5.15. The molecule has 4 rings (SSSR count). The van der Waals surface area contributed by atoms with Gasteiger partial charge in [0.25, 0.3) is 0 Å². The second-order valence-corrected chi connectivity index (χ2v) is 6.77. The highest BCUT2D eigenvalue weighted by Gasteiger charge is 2.21. The molecule has 1 aliphatic rings. The van der Waals surface area contributed by atoms with Crippen molar-refractivity contribution >= 4 is 16.7 Å². The number of fused-ring (bicyclic) bond motifs is 1. The van der Waals surface area contributed by atoms with Crippen LogP contribution in [0.15, 0.2) is 42.7 Å². The fraction of sp³-hybridized carbons (Fsp3) is 0.333. The molecule has 0 atom stereocenters. The predicted octanol–water partition coefficient (Wildman–Crippen LogP) is 3.11. The molecule has 28 heavy (non-hydrogen) atoms. The minimum atomic E-state index is -0.315. The van der Waals surface area contributed by atoms with Crippen molar-refractivity contribution < 1.29 is 13.9 Å². The summed E-state index contributed by atoms with van der Waals surface area (Å²) in [6, 6.07) is 10.9. The van der Waals surface area contributed by atoms with Gasteiger partial charge in [0.15, 0.2) is 0 Å². The van der Waals surface area contributed by atoms with Crippen molar-refractivity contribution in [2.45, 2.75) is 6.54 Å². The zero-order chi connectivity index (χ0) is 19.5. The van der Waals surface area contributed by atoms with Gasteiger partial charge in [-0.2, -0.15) is 0 Å². The van der Waals surface area contributed by atoms with Gasteiger partial charge in [0.05, 0.1) is 14.2 Å². The van der Waals surface area contributed by atoms with Crippen LogP contribution in [0.2, 0.25) is 0 Å². The molecule has 1 aromatic heterocycles. The van der Waals surface area contributed by atoms with Gasteiger partial charge in [0.2, 0.25) is 0 Å². The van der Waals surface area contributed by atoms with Gasteiger partial charge in [-0.05, 0) is 30.3 Å². The van der Waals surface area contributed by atoms with Crippen LogP contribution in [0.4, 0.5) is 10.2 Å². The summed E-state index contributed by atoms with van der Waals surface area (Å²) in [6.07, 6.45) is 1.44. The van der Waals surface area contributed by atoms with Crippen molar-refractivity contribution in [3.05, 3.63) is 54.1 Å². The van der Waals surface area contributed by atoms with E-state index in [-0.39, 0.29) is 5.82 Å². The number of halogens is 1. The maximum Gasteiger partial charge on any atom is 0.149 e. The van der Waals surface area contributed by atoms with Crippen LogP contribution in [0, 0.1) is 5.82 Å². The number of hydrogen-bond acceptors (Lipinski definition) is 6. The highest BCUT2D eigenvalue weighted by Crippen LogP contribution is 2.28. The number of nitrogens with zero attached hydrogens (tertiary/aromatic N) is 4. The summed E-state index contributed by atoms with van der Waals surface area (Å²) in [4.78, 5) is 13.1. The molecule has 0 bridgehead atoms. The maximum absolute atomic E-state index is 14.0. The molecule has 146 valence electrons. The molecule has 0 spiro atoms. The molecule has 2 aromatic carbocycles. The molecule has 1 fully saturated rings. The molecule has 1 aliphatic heterocycles. The SMILES string of the molecule is COc1ccc(OC)c(CN2CCN(c3ncnc4c(F)cccc34)CC2)c1.